The molecule has 0 saturated heterocycles. The summed E-state index contributed by atoms with van der Waals surface area (Å²) in [5.41, 5.74) is 6.48. The fourth-order valence-corrected chi connectivity index (χ4v) is 1.47. The average Bonchev–Trinajstić information content (AvgIpc) is 2.27. The number of nitrogens with two attached hydrogens (primary N) is 1. The molecule has 4 nitrogen and oxygen atoms in total. The number of benzene rings is 1. The molecular weight excluding hydrogens is 224 g/mol. The molecular formula is C11H11ClN4. The summed E-state index contributed by atoms with van der Waals surface area (Å²) >= 11 is 5.86. The minimum atomic E-state index is 0.470. The Kier molecular flexibility index (Phi) is 3.22. The third-order valence-corrected chi connectivity index (χ3v) is 2.24. The molecule has 1 aromatic carbocycles. The summed E-state index contributed by atoms with van der Waals surface area (Å²) in [4.78, 5) is 8.17. The van der Waals surface area contributed by atoms with Crippen LogP contribution in [-0.4, -0.2) is 9.97 Å². The van der Waals surface area contributed by atoms with E-state index < -0.39 is 0 Å². The van der Waals surface area contributed by atoms with Gasteiger partial charge in [0.25, 0.3) is 0 Å². The molecule has 0 fully saturated rings. The van der Waals surface area contributed by atoms with E-state index in [9.17, 15) is 0 Å². The molecule has 0 aliphatic carbocycles. The first kappa shape index (κ1) is 10.7. The Balaban J connectivity index is 2.02. The van der Waals surface area contributed by atoms with Crippen molar-refractivity contribution in [1.29, 1.82) is 0 Å². The fraction of sp³-hybridized carbons (Fsp3) is 0.0909. The number of nitrogens with one attached hydrogen (secondary N) is 1. The first-order valence-electron chi connectivity index (χ1n) is 4.81. The van der Waals surface area contributed by atoms with Gasteiger partial charge in [0.15, 0.2) is 0 Å². The molecule has 2 aromatic rings. The zero-order valence-corrected chi connectivity index (χ0v) is 9.28. The smallest absolute Gasteiger partial charge is 0.149 e. The van der Waals surface area contributed by atoms with E-state index in [1.807, 2.05) is 24.3 Å². The molecule has 0 radical (unpaired) electrons. The second-order valence-electron chi connectivity index (χ2n) is 3.26. The molecule has 0 aliphatic rings. The minimum Gasteiger partial charge on any atom is -0.384 e. The summed E-state index contributed by atoms with van der Waals surface area (Å²) in [7, 11) is 0. The molecule has 3 N–H and O–H groups in total. The van der Waals surface area contributed by atoms with Crippen molar-refractivity contribution in [1.82, 2.24) is 9.97 Å². The summed E-state index contributed by atoms with van der Waals surface area (Å²) in [6.07, 6.45) is 1.64. The first-order valence-corrected chi connectivity index (χ1v) is 5.19. The Labute approximate surface area is 98.5 Å². The van der Waals surface area contributed by atoms with Gasteiger partial charge in [-0.15, -0.1) is 0 Å². The highest BCUT2D eigenvalue weighted by atomic mass is 35.5. The van der Waals surface area contributed by atoms with E-state index in [-0.39, 0.29) is 0 Å². The predicted octanol–water partition coefficient (Wildman–Crippen LogP) is 2.32. The van der Waals surface area contributed by atoms with Crippen LogP contribution in [0.1, 0.15) is 5.82 Å². The maximum absolute atomic E-state index is 5.86. The molecule has 0 spiro atoms. The second kappa shape index (κ2) is 4.81. The predicted molar refractivity (Wildman–Crippen MR) is 65.2 cm³/mol. The van der Waals surface area contributed by atoms with Crippen molar-refractivity contribution >= 4 is 23.1 Å². The highest BCUT2D eigenvalue weighted by molar-refractivity contribution is 6.30. The fourth-order valence-electron chi connectivity index (χ4n) is 1.28. The van der Waals surface area contributed by atoms with Gasteiger partial charge in [-0.05, 0) is 24.3 Å². The average molecular weight is 235 g/mol. The lowest BCUT2D eigenvalue weighted by Crippen LogP contribution is -2.05. The van der Waals surface area contributed by atoms with Crippen LogP contribution in [0.25, 0.3) is 0 Å². The van der Waals surface area contributed by atoms with Crippen LogP contribution in [0.4, 0.5) is 11.5 Å². The van der Waals surface area contributed by atoms with Gasteiger partial charge in [0.1, 0.15) is 11.6 Å². The summed E-state index contributed by atoms with van der Waals surface area (Å²) < 4.78 is 0. The van der Waals surface area contributed by atoms with Gasteiger partial charge in [-0.2, -0.15) is 0 Å². The monoisotopic (exact) mass is 234 g/mol. The van der Waals surface area contributed by atoms with E-state index >= 15 is 0 Å². The molecule has 0 amide bonds. The van der Waals surface area contributed by atoms with Gasteiger partial charge in [-0.3, -0.25) is 0 Å². The zero-order valence-electron chi connectivity index (χ0n) is 8.52. The van der Waals surface area contributed by atoms with Crippen LogP contribution < -0.4 is 11.1 Å². The van der Waals surface area contributed by atoms with E-state index in [1.165, 1.54) is 0 Å². The summed E-state index contributed by atoms with van der Waals surface area (Å²) in [6.45, 7) is 0.519. The van der Waals surface area contributed by atoms with Crippen LogP contribution in [0.15, 0.2) is 36.5 Å². The number of rotatable bonds is 3. The molecule has 2 rings (SSSR count). The third-order valence-electron chi connectivity index (χ3n) is 2.00. The summed E-state index contributed by atoms with van der Waals surface area (Å²) in [5, 5.41) is 3.86. The van der Waals surface area contributed by atoms with Gasteiger partial charge in [-0.1, -0.05) is 17.7 Å². The molecule has 1 heterocycles. The lowest BCUT2D eigenvalue weighted by atomic mass is 10.3. The molecule has 16 heavy (non-hydrogen) atoms. The maximum atomic E-state index is 5.86. The highest BCUT2D eigenvalue weighted by Gasteiger charge is 1.97. The van der Waals surface area contributed by atoms with Crippen molar-refractivity contribution in [3.63, 3.8) is 0 Å². The third kappa shape index (κ3) is 2.84. The van der Waals surface area contributed by atoms with Crippen molar-refractivity contribution in [2.45, 2.75) is 6.54 Å². The Morgan fingerprint density at radius 1 is 1.31 bits per heavy atom. The second-order valence-corrected chi connectivity index (χ2v) is 3.70. The molecule has 0 aliphatic heterocycles. The van der Waals surface area contributed by atoms with Gasteiger partial charge in [0.05, 0.1) is 6.54 Å². The number of anilines is 2. The van der Waals surface area contributed by atoms with Gasteiger partial charge >= 0.3 is 0 Å². The molecule has 0 saturated carbocycles. The van der Waals surface area contributed by atoms with E-state index in [1.54, 1.807) is 12.3 Å². The number of halogens is 1. The molecule has 5 heteroatoms. The van der Waals surface area contributed by atoms with Gasteiger partial charge in [0, 0.05) is 16.9 Å². The standard InChI is InChI=1S/C11H11ClN4/c12-8-2-1-3-9(6-8)15-7-11-14-5-4-10(13)16-11/h1-6,15H,7H2,(H2,13,14,16). The number of nitrogen functional groups attached to an aromatic ring is 1. The van der Waals surface area contributed by atoms with Crippen molar-refractivity contribution in [3.8, 4) is 0 Å². The van der Waals surface area contributed by atoms with Crippen molar-refractivity contribution in [2.75, 3.05) is 11.1 Å². The van der Waals surface area contributed by atoms with E-state index in [0.717, 1.165) is 5.69 Å². The Bertz CT molecular complexity index is 441. The van der Waals surface area contributed by atoms with Crippen molar-refractivity contribution in [3.05, 3.63) is 47.4 Å². The molecule has 0 unspecified atom stereocenters. The quantitative estimate of drug-likeness (QED) is 0.856. The van der Waals surface area contributed by atoms with Gasteiger partial charge in [0.2, 0.25) is 0 Å². The van der Waals surface area contributed by atoms with E-state index in [2.05, 4.69) is 15.3 Å². The Morgan fingerprint density at radius 3 is 2.94 bits per heavy atom. The number of aromatic nitrogens is 2. The van der Waals surface area contributed by atoms with Crippen LogP contribution in [-0.2, 0) is 6.54 Å². The normalized spacial score (nSPS) is 10.1. The van der Waals surface area contributed by atoms with Crippen LogP contribution in [0.3, 0.4) is 0 Å². The Hall–Kier alpha value is -1.81. The van der Waals surface area contributed by atoms with E-state index in [0.29, 0.717) is 23.2 Å². The lowest BCUT2D eigenvalue weighted by Gasteiger charge is -2.05. The van der Waals surface area contributed by atoms with Crippen LogP contribution in [0.2, 0.25) is 5.02 Å². The summed E-state index contributed by atoms with van der Waals surface area (Å²) in [5.74, 6) is 1.12. The number of hydrogen-bond donors (Lipinski definition) is 2. The van der Waals surface area contributed by atoms with Gasteiger partial charge in [-0.25, -0.2) is 9.97 Å². The van der Waals surface area contributed by atoms with Crippen molar-refractivity contribution < 1.29 is 0 Å². The molecule has 82 valence electrons. The molecule has 0 atom stereocenters. The van der Waals surface area contributed by atoms with Gasteiger partial charge < -0.3 is 11.1 Å². The largest absolute Gasteiger partial charge is 0.384 e. The topological polar surface area (TPSA) is 63.8 Å². The molecule has 1 aromatic heterocycles. The molecule has 0 bridgehead atoms. The number of hydrogen-bond acceptors (Lipinski definition) is 4. The number of nitrogens with zero attached hydrogens (tertiary/aromatic N) is 2. The highest BCUT2D eigenvalue weighted by Crippen LogP contribution is 2.15. The first-order chi connectivity index (χ1) is 7.74. The Morgan fingerprint density at radius 2 is 2.19 bits per heavy atom. The van der Waals surface area contributed by atoms with Crippen LogP contribution >= 0.6 is 11.6 Å². The van der Waals surface area contributed by atoms with Crippen LogP contribution in [0, 0.1) is 0 Å². The SMILES string of the molecule is Nc1ccnc(CNc2cccc(Cl)c2)n1. The van der Waals surface area contributed by atoms with Crippen molar-refractivity contribution in [2.24, 2.45) is 0 Å². The van der Waals surface area contributed by atoms with E-state index in [4.69, 9.17) is 17.3 Å². The maximum Gasteiger partial charge on any atom is 0.149 e. The summed E-state index contributed by atoms with van der Waals surface area (Å²) in [6, 6.07) is 9.13. The zero-order chi connectivity index (χ0) is 11.4. The lowest BCUT2D eigenvalue weighted by molar-refractivity contribution is 0.954. The minimum absolute atomic E-state index is 0.470. The van der Waals surface area contributed by atoms with Crippen LogP contribution in [0.5, 0.6) is 0 Å².